The molecule has 4 heteroatoms. The van der Waals surface area contributed by atoms with Gasteiger partial charge < -0.3 is 10.4 Å². The highest BCUT2D eigenvalue weighted by atomic mass is 16.4. The van der Waals surface area contributed by atoms with Gasteiger partial charge in [0.25, 0.3) is 5.91 Å². The summed E-state index contributed by atoms with van der Waals surface area (Å²) in [6, 6.07) is 14.9. The van der Waals surface area contributed by atoms with E-state index in [1.54, 1.807) is 24.3 Å². The van der Waals surface area contributed by atoms with E-state index in [1.165, 1.54) is 0 Å². The average Bonchev–Trinajstić information content (AvgIpc) is 2.55. The van der Waals surface area contributed by atoms with Gasteiger partial charge in [0, 0.05) is 5.56 Å². The number of nitrogens with one attached hydrogen (secondary N) is 1. The maximum absolute atomic E-state index is 12.6. The van der Waals surface area contributed by atoms with Crippen molar-refractivity contribution in [2.45, 2.75) is 30.7 Å². The molecule has 1 aliphatic heterocycles. The number of carboxylic acids is 1. The Morgan fingerprint density at radius 1 is 1.13 bits per heavy atom. The van der Waals surface area contributed by atoms with Crippen LogP contribution in [0.3, 0.4) is 0 Å². The highest BCUT2D eigenvalue weighted by molar-refractivity contribution is 6.01. The number of aryl methyl sites for hydroxylation is 1. The fourth-order valence-electron chi connectivity index (χ4n) is 4.20. The van der Waals surface area contributed by atoms with E-state index in [0.717, 1.165) is 24.0 Å². The molecule has 4 rings (SSSR count). The fraction of sp³-hybridized carbons (Fsp3) is 0.263. The van der Waals surface area contributed by atoms with Crippen LogP contribution >= 0.6 is 0 Å². The smallest absolute Gasteiger partial charge is 0.313 e. The van der Waals surface area contributed by atoms with E-state index in [-0.39, 0.29) is 5.91 Å². The molecule has 0 saturated carbocycles. The molecule has 0 radical (unpaired) electrons. The number of rotatable bonds is 1. The lowest BCUT2D eigenvalue weighted by Gasteiger charge is -2.47. The number of benzene rings is 2. The zero-order valence-electron chi connectivity index (χ0n) is 12.6. The molecule has 1 aliphatic carbocycles. The maximum Gasteiger partial charge on any atom is 0.313 e. The van der Waals surface area contributed by atoms with Crippen LogP contribution in [0, 0.1) is 0 Å². The Balaban J connectivity index is 2.00. The van der Waals surface area contributed by atoms with Gasteiger partial charge in [0.05, 0.1) is 5.54 Å². The van der Waals surface area contributed by atoms with E-state index in [4.69, 9.17) is 0 Å². The first-order chi connectivity index (χ1) is 11.1. The third-order valence-corrected chi connectivity index (χ3v) is 5.11. The summed E-state index contributed by atoms with van der Waals surface area (Å²) in [6.07, 6.45) is 2.42. The molecule has 2 aromatic carbocycles. The number of aliphatic carboxylic acids is 1. The Kier molecular flexibility index (Phi) is 3.01. The van der Waals surface area contributed by atoms with Gasteiger partial charge in [-0.05, 0) is 42.0 Å². The topological polar surface area (TPSA) is 66.4 Å². The fourth-order valence-corrected chi connectivity index (χ4v) is 4.20. The van der Waals surface area contributed by atoms with Gasteiger partial charge in [-0.1, -0.05) is 42.5 Å². The minimum atomic E-state index is -0.894. The van der Waals surface area contributed by atoms with Crippen molar-refractivity contribution < 1.29 is 14.7 Å². The lowest BCUT2D eigenvalue weighted by Crippen LogP contribution is -2.57. The van der Waals surface area contributed by atoms with Gasteiger partial charge in [-0.2, -0.15) is 0 Å². The summed E-state index contributed by atoms with van der Waals surface area (Å²) >= 11 is 0. The second kappa shape index (κ2) is 4.95. The molecule has 4 nitrogen and oxygen atoms in total. The molecular weight excluding hydrogens is 290 g/mol. The van der Waals surface area contributed by atoms with Gasteiger partial charge in [0.15, 0.2) is 0 Å². The number of fused-ring (bicyclic) bond motifs is 3. The molecule has 0 unspecified atom stereocenters. The van der Waals surface area contributed by atoms with Crippen LogP contribution in [0.4, 0.5) is 0 Å². The average molecular weight is 307 g/mol. The number of carbonyl (C=O) groups excluding carboxylic acids is 1. The first-order valence-electron chi connectivity index (χ1n) is 7.86. The number of carboxylic acid groups (broad SMARTS) is 1. The van der Waals surface area contributed by atoms with Gasteiger partial charge in [0.2, 0.25) is 0 Å². The molecule has 1 amide bonds. The van der Waals surface area contributed by atoms with Crippen LogP contribution in [0.15, 0.2) is 48.5 Å². The van der Waals surface area contributed by atoms with Crippen molar-refractivity contribution in [1.82, 2.24) is 5.32 Å². The molecule has 0 fully saturated rings. The molecule has 2 aliphatic rings. The minimum absolute atomic E-state index is 0.185. The Morgan fingerprint density at radius 2 is 1.87 bits per heavy atom. The standard InChI is InChI=1S/C19H17NO3/c21-17-14-9-3-2-8-13(14)16(18(22)23)19(20-17)11-5-7-12-6-1-4-10-15(12)19/h1-4,6,8-10,16H,5,7,11H2,(H,20,21)(H,22,23)/t16-,19-/m1/s1. The molecule has 0 saturated heterocycles. The zero-order chi connectivity index (χ0) is 16.0. The number of hydrogen-bond acceptors (Lipinski definition) is 2. The maximum atomic E-state index is 12.6. The molecule has 2 N–H and O–H groups in total. The molecule has 1 heterocycles. The number of amides is 1. The van der Waals surface area contributed by atoms with Crippen molar-refractivity contribution in [3.8, 4) is 0 Å². The summed E-state index contributed by atoms with van der Waals surface area (Å²) in [5.74, 6) is -1.85. The van der Waals surface area contributed by atoms with Crippen molar-refractivity contribution >= 4 is 11.9 Å². The van der Waals surface area contributed by atoms with Crippen LogP contribution in [0.1, 0.15) is 45.8 Å². The molecule has 23 heavy (non-hydrogen) atoms. The van der Waals surface area contributed by atoms with E-state index in [1.807, 2.05) is 24.3 Å². The first-order valence-corrected chi connectivity index (χ1v) is 7.86. The number of carbonyl (C=O) groups is 2. The van der Waals surface area contributed by atoms with Crippen molar-refractivity contribution in [1.29, 1.82) is 0 Å². The lowest BCUT2D eigenvalue weighted by atomic mass is 9.64. The zero-order valence-corrected chi connectivity index (χ0v) is 12.6. The summed E-state index contributed by atoms with van der Waals surface area (Å²) in [7, 11) is 0. The van der Waals surface area contributed by atoms with Crippen LogP contribution in [0.2, 0.25) is 0 Å². The normalized spacial score (nSPS) is 25.4. The van der Waals surface area contributed by atoms with Gasteiger partial charge in [-0.15, -0.1) is 0 Å². The van der Waals surface area contributed by atoms with Crippen LogP contribution in [-0.2, 0) is 16.8 Å². The van der Waals surface area contributed by atoms with E-state index >= 15 is 0 Å². The Bertz CT molecular complexity index is 814. The predicted molar refractivity (Wildman–Crippen MR) is 85.3 cm³/mol. The van der Waals surface area contributed by atoms with Crippen molar-refractivity contribution in [3.63, 3.8) is 0 Å². The summed E-state index contributed by atoms with van der Waals surface area (Å²) in [5, 5.41) is 13.0. The summed E-state index contributed by atoms with van der Waals surface area (Å²) in [5.41, 5.74) is 2.30. The van der Waals surface area contributed by atoms with Crippen molar-refractivity contribution in [2.24, 2.45) is 0 Å². The van der Waals surface area contributed by atoms with Crippen LogP contribution < -0.4 is 5.32 Å². The van der Waals surface area contributed by atoms with Crippen LogP contribution in [0.5, 0.6) is 0 Å². The molecule has 116 valence electrons. The van der Waals surface area contributed by atoms with E-state index in [9.17, 15) is 14.7 Å². The molecular formula is C19H17NO3. The van der Waals surface area contributed by atoms with Crippen molar-refractivity contribution in [3.05, 3.63) is 70.8 Å². The summed E-state index contributed by atoms with van der Waals surface area (Å²) < 4.78 is 0. The third-order valence-electron chi connectivity index (χ3n) is 5.11. The summed E-state index contributed by atoms with van der Waals surface area (Å²) in [6.45, 7) is 0. The predicted octanol–water partition coefficient (Wildman–Crippen LogP) is 2.83. The molecule has 2 atom stereocenters. The molecule has 0 aromatic heterocycles. The van der Waals surface area contributed by atoms with Gasteiger partial charge in [-0.3, -0.25) is 9.59 Å². The van der Waals surface area contributed by atoms with Gasteiger partial charge in [0.1, 0.15) is 5.92 Å². The van der Waals surface area contributed by atoms with E-state index in [0.29, 0.717) is 17.5 Å². The Labute approximate surface area is 134 Å². The van der Waals surface area contributed by atoms with E-state index < -0.39 is 17.4 Å². The van der Waals surface area contributed by atoms with Gasteiger partial charge in [-0.25, -0.2) is 0 Å². The summed E-state index contributed by atoms with van der Waals surface area (Å²) in [4.78, 5) is 24.8. The number of hydrogen-bond donors (Lipinski definition) is 2. The first kappa shape index (κ1) is 14.0. The highest BCUT2D eigenvalue weighted by Crippen LogP contribution is 2.48. The van der Waals surface area contributed by atoms with Crippen LogP contribution in [0.25, 0.3) is 0 Å². The monoisotopic (exact) mass is 307 g/mol. The quantitative estimate of drug-likeness (QED) is 0.851. The van der Waals surface area contributed by atoms with Gasteiger partial charge >= 0.3 is 5.97 Å². The minimum Gasteiger partial charge on any atom is -0.481 e. The second-order valence-electron chi connectivity index (χ2n) is 6.29. The highest BCUT2D eigenvalue weighted by Gasteiger charge is 2.52. The Hall–Kier alpha value is -2.62. The lowest BCUT2D eigenvalue weighted by molar-refractivity contribution is -0.141. The molecule has 2 aromatic rings. The third kappa shape index (κ3) is 1.91. The van der Waals surface area contributed by atoms with Crippen LogP contribution in [-0.4, -0.2) is 17.0 Å². The molecule has 1 spiro atoms. The van der Waals surface area contributed by atoms with Crippen molar-refractivity contribution in [2.75, 3.05) is 0 Å². The SMILES string of the molecule is O=C1N[C@@]2(CCCc3ccccc32)[C@@H](C(=O)O)c2ccccc21. The second-order valence-corrected chi connectivity index (χ2v) is 6.29. The Morgan fingerprint density at radius 3 is 2.70 bits per heavy atom. The van der Waals surface area contributed by atoms with E-state index in [2.05, 4.69) is 5.32 Å². The molecule has 0 bridgehead atoms. The largest absolute Gasteiger partial charge is 0.481 e.